The molecule has 0 spiro atoms. The molecule has 178 valence electrons. The first-order valence-corrected chi connectivity index (χ1v) is 11.8. The second-order valence-electron chi connectivity index (χ2n) is 7.84. The number of likely N-dealkylation sites (N-methyl/N-ethyl adjacent to an activating group) is 1. The second kappa shape index (κ2) is 11.0. The van der Waals surface area contributed by atoms with E-state index >= 15 is 0 Å². The predicted molar refractivity (Wildman–Crippen MR) is 135 cm³/mol. The molecular weight excluding hydrogens is 462 g/mol. The lowest BCUT2D eigenvalue weighted by Gasteiger charge is -2.24. The van der Waals surface area contributed by atoms with Gasteiger partial charge in [0.05, 0.1) is 16.3 Å². The maximum Gasteiger partial charge on any atom is 0.260 e. The standard InChI is InChI=1S/C24H29N3O4S.ClH/c1-5-26(6-2)11-12-27(23(28)17-7-9-18(10-8-17)31-16(3)4)24-25-19-13-20-21(30-15-29-20)14-22(19)32-24;/h7-10,13-14,16H,5-6,11-12,15H2,1-4H3;1H. The molecule has 33 heavy (non-hydrogen) atoms. The molecule has 1 amide bonds. The van der Waals surface area contributed by atoms with Gasteiger partial charge in [0.2, 0.25) is 6.79 Å². The Bertz CT molecular complexity index is 1040. The van der Waals surface area contributed by atoms with Crippen LogP contribution in [0.3, 0.4) is 0 Å². The fourth-order valence-electron chi connectivity index (χ4n) is 3.59. The first-order chi connectivity index (χ1) is 15.5. The summed E-state index contributed by atoms with van der Waals surface area (Å²) in [5.74, 6) is 2.08. The van der Waals surface area contributed by atoms with Crippen molar-refractivity contribution in [3.8, 4) is 17.2 Å². The number of benzene rings is 2. The van der Waals surface area contributed by atoms with E-state index in [1.807, 2.05) is 50.2 Å². The van der Waals surface area contributed by atoms with Gasteiger partial charge in [-0.25, -0.2) is 4.98 Å². The smallest absolute Gasteiger partial charge is 0.260 e. The van der Waals surface area contributed by atoms with Gasteiger partial charge in [0.25, 0.3) is 5.91 Å². The minimum Gasteiger partial charge on any atom is -0.491 e. The van der Waals surface area contributed by atoms with Gasteiger partial charge in [-0.3, -0.25) is 9.69 Å². The Balaban J connectivity index is 0.00000306. The Morgan fingerprint density at radius 3 is 2.39 bits per heavy atom. The first kappa shape index (κ1) is 25.1. The number of nitrogens with zero attached hydrogens (tertiary/aromatic N) is 3. The SMILES string of the molecule is CCN(CC)CCN(C(=O)c1ccc(OC(C)C)cc1)c1nc2cc3c(cc2s1)OCO3.Cl. The lowest BCUT2D eigenvalue weighted by molar-refractivity contribution is 0.0983. The third-order valence-electron chi connectivity index (χ3n) is 5.35. The molecule has 1 aliphatic rings. The average Bonchev–Trinajstić information content (AvgIpc) is 3.40. The van der Waals surface area contributed by atoms with Crippen molar-refractivity contribution in [1.82, 2.24) is 9.88 Å². The van der Waals surface area contributed by atoms with E-state index in [0.29, 0.717) is 23.0 Å². The van der Waals surface area contributed by atoms with E-state index < -0.39 is 0 Å². The van der Waals surface area contributed by atoms with Gasteiger partial charge in [-0.15, -0.1) is 12.4 Å². The molecule has 0 fully saturated rings. The molecule has 0 aliphatic carbocycles. The van der Waals surface area contributed by atoms with Crippen LogP contribution in [0.25, 0.3) is 10.2 Å². The lowest BCUT2D eigenvalue weighted by atomic mass is 10.2. The fourth-order valence-corrected chi connectivity index (χ4v) is 4.59. The van der Waals surface area contributed by atoms with E-state index in [0.717, 1.165) is 41.3 Å². The number of carbonyl (C=O) groups is 1. The van der Waals surface area contributed by atoms with Crippen molar-refractivity contribution in [3.05, 3.63) is 42.0 Å². The zero-order chi connectivity index (χ0) is 22.7. The molecule has 1 aromatic heterocycles. The van der Waals surface area contributed by atoms with E-state index in [4.69, 9.17) is 19.2 Å². The van der Waals surface area contributed by atoms with Crippen molar-refractivity contribution in [2.75, 3.05) is 37.9 Å². The van der Waals surface area contributed by atoms with Gasteiger partial charge < -0.3 is 19.1 Å². The van der Waals surface area contributed by atoms with Gasteiger partial charge in [-0.2, -0.15) is 0 Å². The average molecular weight is 492 g/mol. The van der Waals surface area contributed by atoms with Gasteiger partial charge >= 0.3 is 0 Å². The number of aromatic nitrogens is 1. The van der Waals surface area contributed by atoms with Crippen molar-refractivity contribution >= 4 is 45.0 Å². The third-order valence-corrected chi connectivity index (χ3v) is 6.40. The molecule has 2 heterocycles. The minimum absolute atomic E-state index is 0. The Labute approximate surface area is 204 Å². The quantitative estimate of drug-likeness (QED) is 0.408. The highest BCUT2D eigenvalue weighted by molar-refractivity contribution is 7.22. The van der Waals surface area contributed by atoms with Gasteiger partial charge in [0.15, 0.2) is 16.6 Å². The van der Waals surface area contributed by atoms with Crippen LogP contribution in [0.15, 0.2) is 36.4 Å². The summed E-state index contributed by atoms with van der Waals surface area (Å²) in [6, 6.07) is 11.1. The van der Waals surface area contributed by atoms with Crippen LogP contribution in [0.1, 0.15) is 38.1 Å². The minimum atomic E-state index is -0.0765. The van der Waals surface area contributed by atoms with Crippen molar-refractivity contribution < 1.29 is 19.0 Å². The molecule has 4 rings (SSSR count). The summed E-state index contributed by atoms with van der Waals surface area (Å²) in [6.45, 7) is 11.6. The summed E-state index contributed by atoms with van der Waals surface area (Å²) in [4.78, 5) is 22.4. The summed E-state index contributed by atoms with van der Waals surface area (Å²) in [5.41, 5.74) is 1.41. The Morgan fingerprint density at radius 1 is 1.09 bits per heavy atom. The molecule has 1 aliphatic heterocycles. The third kappa shape index (κ3) is 5.69. The number of fused-ring (bicyclic) bond motifs is 2. The molecule has 9 heteroatoms. The number of halogens is 1. The molecule has 0 saturated heterocycles. The number of carbonyl (C=O) groups excluding carboxylic acids is 1. The van der Waals surface area contributed by atoms with Crippen molar-refractivity contribution in [1.29, 1.82) is 0 Å². The van der Waals surface area contributed by atoms with Crippen LogP contribution in [-0.4, -0.2) is 54.9 Å². The topological polar surface area (TPSA) is 64.1 Å². The lowest BCUT2D eigenvalue weighted by Crippen LogP contribution is -2.38. The monoisotopic (exact) mass is 491 g/mol. The summed E-state index contributed by atoms with van der Waals surface area (Å²) < 4.78 is 17.7. The van der Waals surface area contributed by atoms with E-state index in [2.05, 4.69) is 18.7 Å². The van der Waals surface area contributed by atoms with Gasteiger partial charge in [0.1, 0.15) is 5.75 Å². The predicted octanol–water partition coefficient (Wildman–Crippen LogP) is 5.22. The molecule has 0 atom stereocenters. The summed E-state index contributed by atoms with van der Waals surface area (Å²) in [7, 11) is 0. The molecule has 3 aromatic rings. The molecule has 2 aromatic carbocycles. The number of thiazole rings is 1. The molecule has 0 bridgehead atoms. The van der Waals surface area contributed by atoms with E-state index in [9.17, 15) is 4.79 Å². The van der Waals surface area contributed by atoms with Crippen LogP contribution in [-0.2, 0) is 0 Å². The molecule has 0 saturated carbocycles. The van der Waals surface area contributed by atoms with Crippen LogP contribution in [0.2, 0.25) is 0 Å². The maximum atomic E-state index is 13.5. The fraction of sp³-hybridized carbons (Fsp3) is 0.417. The highest BCUT2D eigenvalue weighted by atomic mass is 35.5. The zero-order valence-electron chi connectivity index (χ0n) is 19.4. The van der Waals surface area contributed by atoms with Crippen molar-refractivity contribution in [2.45, 2.75) is 33.8 Å². The van der Waals surface area contributed by atoms with Gasteiger partial charge in [0, 0.05) is 30.8 Å². The number of hydrogen-bond donors (Lipinski definition) is 0. The van der Waals surface area contributed by atoms with Crippen molar-refractivity contribution in [3.63, 3.8) is 0 Å². The molecular formula is C24H30ClN3O4S. The highest BCUT2D eigenvalue weighted by Crippen LogP contribution is 2.40. The van der Waals surface area contributed by atoms with Crippen LogP contribution >= 0.6 is 23.7 Å². The van der Waals surface area contributed by atoms with Crippen LogP contribution in [0.5, 0.6) is 17.2 Å². The number of rotatable bonds is 9. The van der Waals surface area contributed by atoms with Crippen LogP contribution in [0, 0.1) is 0 Å². The molecule has 0 radical (unpaired) electrons. The van der Waals surface area contributed by atoms with Crippen LogP contribution < -0.4 is 19.1 Å². The van der Waals surface area contributed by atoms with Crippen molar-refractivity contribution in [2.24, 2.45) is 0 Å². The normalized spacial score (nSPS) is 12.3. The molecule has 7 nitrogen and oxygen atoms in total. The van der Waals surface area contributed by atoms with Gasteiger partial charge in [-0.05, 0) is 51.2 Å². The summed E-state index contributed by atoms with van der Waals surface area (Å²) in [5, 5.41) is 0.670. The van der Waals surface area contributed by atoms with E-state index in [1.54, 1.807) is 4.90 Å². The number of ether oxygens (including phenoxy) is 3. The second-order valence-corrected chi connectivity index (χ2v) is 8.85. The Morgan fingerprint density at radius 2 is 1.76 bits per heavy atom. The summed E-state index contributed by atoms with van der Waals surface area (Å²) in [6.07, 6.45) is 0.0828. The summed E-state index contributed by atoms with van der Waals surface area (Å²) >= 11 is 1.49. The zero-order valence-corrected chi connectivity index (χ0v) is 21.0. The number of hydrogen-bond acceptors (Lipinski definition) is 7. The number of amides is 1. The Hall–Kier alpha value is -2.55. The molecule has 0 unspecified atom stereocenters. The molecule has 0 N–H and O–H groups in total. The van der Waals surface area contributed by atoms with Gasteiger partial charge in [-0.1, -0.05) is 25.2 Å². The Kier molecular flexibility index (Phi) is 8.40. The van der Waals surface area contributed by atoms with Crippen LogP contribution in [0.4, 0.5) is 5.13 Å². The highest BCUT2D eigenvalue weighted by Gasteiger charge is 2.24. The van der Waals surface area contributed by atoms with E-state index in [1.165, 1.54) is 11.3 Å². The number of anilines is 1. The van der Waals surface area contributed by atoms with E-state index in [-0.39, 0.29) is 31.2 Å². The largest absolute Gasteiger partial charge is 0.491 e. The first-order valence-electron chi connectivity index (χ1n) is 11.0. The maximum absolute atomic E-state index is 13.5.